The van der Waals surface area contributed by atoms with Gasteiger partial charge >= 0.3 is 0 Å². The van der Waals surface area contributed by atoms with Crippen molar-refractivity contribution in [1.82, 2.24) is 10.3 Å². The number of aldehydes is 1. The van der Waals surface area contributed by atoms with Gasteiger partial charge in [-0.1, -0.05) is 30.3 Å². The number of allylic oxidation sites excluding steroid dienone is 3. The highest BCUT2D eigenvalue weighted by Crippen LogP contribution is 2.36. The number of H-pyrrole nitrogens is 1. The van der Waals surface area contributed by atoms with Crippen molar-refractivity contribution in [3.05, 3.63) is 108 Å². The summed E-state index contributed by atoms with van der Waals surface area (Å²) in [6.45, 7) is 0. The van der Waals surface area contributed by atoms with Crippen LogP contribution in [0, 0.1) is 5.82 Å². The number of hydrogen-bond donors (Lipinski definition) is 2. The molecule has 0 atom stereocenters. The lowest BCUT2D eigenvalue weighted by Gasteiger charge is -2.17. The number of hydrogen-bond acceptors (Lipinski definition) is 3. The Labute approximate surface area is 197 Å². The van der Waals surface area contributed by atoms with E-state index < -0.39 is 0 Å². The van der Waals surface area contributed by atoms with Gasteiger partial charge in [0.2, 0.25) is 0 Å². The molecule has 34 heavy (non-hydrogen) atoms. The highest BCUT2D eigenvalue weighted by molar-refractivity contribution is 6.15. The van der Waals surface area contributed by atoms with Crippen molar-refractivity contribution in [1.29, 1.82) is 0 Å². The number of benzene rings is 3. The van der Waals surface area contributed by atoms with Crippen LogP contribution in [-0.2, 0) is 4.79 Å². The SMILES string of the molecule is CN/C=C\C=C(/C=O)c1[nH]c2ccc(C(=O)N(C)c3ccc(F)cc3)cc2c1-c1ccccc1. The fourth-order valence-electron chi connectivity index (χ4n) is 3.85. The third-order valence-electron chi connectivity index (χ3n) is 5.58. The lowest BCUT2D eigenvalue weighted by molar-refractivity contribution is -0.103. The third-order valence-corrected chi connectivity index (χ3v) is 5.58. The zero-order valence-corrected chi connectivity index (χ0v) is 18.9. The Bertz CT molecular complexity index is 1390. The second-order valence-electron chi connectivity index (χ2n) is 7.73. The molecule has 1 heterocycles. The maximum atomic E-state index is 13.3. The van der Waals surface area contributed by atoms with Gasteiger partial charge in [-0.15, -0.1) is 0 Å². The van der Waals surface area contributed by atoms with Crippen LogP contribution in [0.25, 0.3) is 27.6 Å². The summed E-state index contributed by atoms with van der Waals surface area (Å²) in [5.41, 5.74) is 4.80. The van der Waals surface area contributed by atoms with E-state index in [2.05, 4.69) is 10.3 Å². The first-order valence-corrected chi connectivity index (χ1v) is 10.8. The molecule has 1 amide bonds. The predicted octanol–water partition coefficient (Wildman–Crippen LogP) is 5.57. The molecular weight excluding hydrogens is 429 g/mol. The molecule has 5 nitrogen and oxygen atoms in total. The van der Waals surface area contributed by atoms with Gasteiger partial charge in [0.05, 0.1) is 5.69 Å². The van der Waals surface area contributed by atoms with Gasteiger partial charge in [0.1, 0.15) is 5.82 Å². The molecular formula is C28H24FN3O2. The Morgan fingerprint density at radius 1 is 1.03 bits per heavy atom. The fourth-order valence-corrected chi connectivity index (χ4v) is 3.85. The molecule has 0 aliphatic heterocycles. The minimum atomic E-state index is -0.359. The average Bonchev–Trinajstić information content (AvgIpc) is 3.25. The van der Waals surface area contributed by atoms with Crippen molar-refractivity contribution in [2.24, 2.45) is 0 Å². The number of amides is 1. The summed E-state index contributed by atoms with van der Waals surface area (Å²) in [6, 6.07) is 20.9. The van der Waals surface area contributed by atoms with Gasteiger partial charge in [-0.25, -0.2) is 4.39 Å². The summed E-state index contributed by atoms with van der Waals surface area (Å²) in [4.78, 5) is 30.0. The molecule has 1 aromatic heterocycles. The number of aromatic nitrogens is 1. The van der Waals surface area contributed by atoms with Crippen molar-refractivity contribution >= 4 is 34.4 Å². The number of fused-ring (bicyclic) bond motifs is 1. The normalized spacial score (nSPS) is 11.7. The van der Waals surface area contributed by atoms with Crippen LogP contribution in [0.1, 0.15) is 16.1 Å². The molecule has 4 aromatic rings. The standard InChI is InChI=1S/C28H24FN3O2/c1-30-16-6-9-21(18-33)27-26(19-7-4-3-5-8-19)24-17-20(10-15-25(24)31-27)28(34)32(2)23-13-11-22(29)12-14-23/h3-18,30-31H,1-2H3/b16-6-,21-9+. The van der Waals surface area contributed by atoms with Crippen LogP contribution in [-0.4, -0.2) is 31.3 Å². The van der Waals surface area contributed by atoms with E-state index in [1.54, 1.807) is 50.6 Å². The molecule has 0 unspecified atom stereocenters. The first-order valence-electron chi connectivity index (χ1n) is 10.8. The Kier molecular flexibility index (Phi) is 6.69. The highest BCUT2D eigenvalue weighted by atomic mass is 19.1. The molecule has 0 bridgehead atoms. The van der Waals surface area contributed by atoms with Crippen molar-refractivity contribution in [3.8, 4) is 11.1 Å². The topological polar surface area (TPSA) is 65.2 Å². The number of rotatable bonds is 7. The molecule has 0 saturated heterocycles. The minimum absolute atomic E-state index is 0.224. The van der Waals surface area contributed by atoms with Crippen LogP contribution in [0.4, 0.5) is 10.1 Å². The molecule has 0 radical (unpaired) electrons. The van der Waals surface area contributed by atoms with Crippen molar-refractivity contribution < 1.29 is 14.0 Å². The lowest BCUT2D eigenvalue weighted by Crippen LogP contribution is -2.26. The Hall–Kier alpha value is -4.45. The van der Waals surface area contributed by atoms with Crippen LogP contribution < -0.4 is 10.2 Å². The quantitative estimate of drug-likeness (QED) is 0.219. The molecule has 0 saturated carbocycles. The van der Waals surface area contributed by atoms with Gasteiger partial charge in [0, 0.05) is 47.4 Å². The lowest BCUT2D eigenvalue weighted by atomic mass is 9.97. The zero-order chi connectivity index (χ0) is 24.1. The molecule has 0 fully saturated rings. The molecule has 0 spiro atoms. The van der Waals surface area contributed by atoms with E-state index in [4.69, 9.17) is 0 Å². The van der Waals surface area contributed by atoms with Gasteiger partial charge in [0.15, 0.2) is 6.29 Å². The number of nitrogens with one attached hydrogen (secondary N) is 2. The predicted molar refractivity (Wildman–Crippen MR) is 135 cm³/mol. The summed E-state index contributed by atoms with van der Waals surface area (Å²) in [7, 11) is 3.44. The highest BCUT2D eigenvalue weighted by Gasteiger charge is 2.20. The minimum Gasteiger partial charge on any atom is -0.394 e. The molecule has 6 heteroatoms. The van der Waals surface area contributed by atoms with Crippen LogP contribution in [0.15, 0.2) is 91.1 Å². The van der Waals surface area contributed by atoms with E-state index in [1.807, 2.05) is 42.5 Å². The Balaban J connectivity index is 1.85. The van der Waals surface area contributed by atoms with Crippen LogP contribution >= 0.6 is 0 Å². The fraction of sp³-hybridized carbons (Fsp3) is 0.0714. The molecule has 3 aromatic carbocycles. The van der Waals surface area contributed by atoms with Gasteiger partial charge in [-0.05, 0) is 66.4 Å². The van der Waals surface area contributed by atoms with E-state index in [0.29, 0.717) is 22.5 Å². The number of nitrogens with zero attached hydrogens (tertiary/aromatic N) is 1. The van der Waals surface area contributed by atoms with Crippen molar-refractivity contribution in [2.45, 2.75) is 0 Å². The van der Waals surface area contributed by atoms with E-state index in [9.17, 15) is 14.0 Å². The number of carbonyl (C=O) groups excluding carboxylic acids is 2. The number of carbonyl (C=O) groups is 2. The number of anilines is 1. The Morgan fingerprint density at radius 3 is 2.44 bits per heavy atom. The largest absolute Gasteiger partial charge is 0.394 e. The number of aromatic amines is 1. The smallest absolute Gasteiger partial charge is 0.258 e. The van der Waals surface area contributed by atoms with Crippen LogP contribution in [0.5, 0.6) is 0 Å². The summed E-state index contributed by atoms with van der Waals surface area (Å²) in [6.07, 6.45) is 6.04. The first-order chi connectivity index (χ1) is 16.5. The van der Waals surface area contributed by atoms with Crippen LogP contribution in [0.3, 0.4) is 0 Å². The van der Waals surface area contributed by atoms with Crippen LogP contribution in [0.2, 0.25) is 0 Å². The summed E-state index contributed by atoms with van der Waals surface area (Å²) >= 11 is 0. The number of halogens is 1. The molecule has 0 aliphatic rings. The van der Waals surface area contributed by atoms with Gasteiger partial charge in [0.25, 0.3) is 5.91 Å². The van der Waals surface area contributed by atoms with Crippen molar-refractivity contribution in [2.75, 3.05) is 19.0 Å². The van der Waals surface area contributed by atoms with E-state index in [-0.39, 0.29) is 11.7 Å². The van der Waals surface area contributed by atoms with Crippen molar-refractivity contribution in [3.63, 3.8) is 0 Å². The zero-order valence-electron chi connectivity index (χ0n) is 18.9. The second kappa shape index (κ2) is 10.0. The monoisotopic (exact) mass is 453 g/mol. The van der Waals surface area contributed by atoms with Gasteiger partial charge < -0.3 is 15.2 Å². The van der Waals surface area contributed by atoms with E-state index in [1.165, 1.54) is 17.0 Å². The summed E-state index contributed by atoms with van der Waals surface area (Å²) in [5, 5.41) is 3.73. The van der Waals surface area contributed by atoms with E-state index >= 15 is 0 Å². The molecule has 4 rings (SSSR count). The maximum Gasteiger partial charge on any atom is 0.258 e. The van der Waals surface area contributed by atoms with Gasteiger partial charge in [-0.2, -0.15) is 0 Å². The first kappa shape index (κ1) is 22.7. The Morgan fingerprint density at radius 2 is 1.76 bits per heavy atom. The van der Waals surface area contributed by atoms with E-state index in [0.717, 1.165) is 28.3 Å². The summed E-state index contributed by atoms with van der Waals surface area (Å²) in [5.74, 6) is -0.583. The molecule has 170 valence electrons. The summed E-state index contributed by atoms with van der Waals surface area (Å²) < 4.78 is 13.3. The molecule has 0 aliphatic carbocycles. The molecule has 2 N–H and O–H groups in total. The average molecular weight is 454 g/mol. The van der Waals surface area contributed by atoms with Gasteiger partial charge in [-0.3, -0.25) is 9.59 Å². The maximum absolute atomic E-state index is 13.3. The second-order valence-corrected chi connectivity index (χ2v) is 7.73. The third kappa shape index (κ3) is 4.52.